The fourth-order valence-corrected chi connectivity index (χ4v) is 2.00. The average molecular weight is 274 g/mol. The van der Waals surface area contributed by atoms with E-state index in [1.54, 1.807) is 7.11 Å². The maximum Gasteiger partial charge on any atom is 0.0890 e. The SMILES string of the molecule is COCCNCCN(C)Cc1cnc2ccccc2n1. The standard InChI is InChI=1S/C15H22N4O/c1-19(9-7-16-8-10-20-2)12-13-11-17-14-5-3-4-6-15(14)18-13/h3-6,11,16H,7-10,12H2,1-2H3. The minimum absolute atomic E-state index is 0.750. The molecule has 5 heteroatoms. The van der Waals surface area contributed by atoms with Crippen LogP contribution in [0.25, 0.3) is 11.0 Å². The molecule has 0 aliphatic carbocycles. The molecule has 0 spiro atoms. The number of hydrogen-bond donors (Lipinski definition) is 1. The molecule has 20 heavy (non-hydrogen) atoms. The van der Waals surface area contributed by atoms with Crippen molar-refractivity contribution in [3.63, 3.8) is 0 Å². The molecule has 0 fully saturated rings. The molecule has 5 nitrogen and oxygen atoms in total. The lowest BCUT2D eigenvalue weighted by Gasteiger charge is -2.16. The summed E-state index contributed by atoms with van der Waals surface area (Å²) in [6, 6.07) is 7.95. The van der Waals surface area contributed by atoms with Crippen LogP contribution in [0.15, 0.2) is 30.5 Å². The molecule has 1 aromatic carbocycles. The molecule has 0 atom stereocenters. The Kier molecular flexibility index (Phi) is 5.86. The van der Waals surface area contributed by atoms with Crippen LogP contribution >= 0.6 is 0 Å². The zero-order chi connectivity index (χ0) is 14.2. The maximum atomic E-state index is 4.99. The first-order valence-corrected chi connectivity index (χ1v) is 6.88. The van der Waals surface area contributed by atoms with E-state index in [-0.39, 0.29) is 0 Å². The molecule has 0 aliphatic rings. The smallest absolute Gasteiger partial charge is 0.0890 e. The normalized spacial score (nSPS) is 11.3. The quantitative estimate of drug-likeness (QED) is 0.735. The van der Waals surface area contributed by atoms with Crippen LogP contribution in [-0.2, 0) is 11.3 Å². The van der Waals surface area contributed by atoms with E-state index in [2.05, 4.69) is 27.2 Å². The predicted molar refractivity (Wildman–Crippen MR) is 80.6 cm³/mol. The maximum absolute atomic E-state index is 4.99. The molecule has 0 radical (unpaired) electrons. The molecule has 1 aromatic heterocycles. The number of benzene rings is 1. The summed E-state index contributed by atoms with van der Waals surface area (Å²) in [5, 5.41) is 3.33. The van der Waals surface area contributed by atoms with Crippen LogP contribution in [0.2, 0.25) is 0 Å². The van der Waals surface area contributed by atoms with Gasteiger partial charge in [0.1, 0.15) is 0 Å². The number of likely N-dealkylation sites (N-methyl/N-ethyl adjacent to an activating group) is 1. The van der Waals surface area contributed by atoms with Crippen molar-refractivity contribution in [1.82, 2.24) is 20.2 Å². The Bertz CT molecular complexity index is 532. The minimum atomic E-state index is 0.750. The highest BCUT2D eigenvalue weighted by Gasteiger charge is 2.03. The number of hydrogen-bond acceptors (Lipinski definition) is 5. The number of ether oxygens (including phenoxy) is 1. The van der Waals surface area contributed by atoms with Gasteiger partial charge in [-0.3, -0.25) is 9.88 Å². The highest BCUT2D eigenvalue weighted by atomic mass is 16.5. The number of fused-ring (bicyclic) bond motifs is 1. The van der Waals surface area contributed by atoms with Gasteiger partial charge in [-0.15, -0.1) is 0 Å². The summed E-state index contributed by atoms with van der Waals surface area (Å²) in [4.78, 5) is 11.3. The molecule has 108 valence electrons. The number of rotatable bonds is 8. The molecule has 0 bridgehead atoms. The largest absolute Gasteiger partial charge is 0.383 e. The van der Waals surface area contributed by atoms with Gasteiger partial charge in [-0.05, 0) is 19.2 Å². The number of nitrogens with zero attached hydrogens (tertiary/aromatic N) is 3. The molecule has 0 saturated heterocycles. The first kappa shape index (κ1) is 14.8. The van der Waals surface area contributed by atoms with E-state index in [4.69, 9.17) is 4.74 Å². The highest BCUT2D eigenvalue weighted by Crippen LogP contribution is 2.09. The van der Waals surface area contributed by atoms with Crippen molar-refractivity contribution < 1.29 is 4.74 Å². The number of methoxy groups -OCH3 is 1. The summed E-state index contributed by atoms with van der Waals surface area (Å²) in [6.07, 6.45) is 1.86. The van der Waals surface area contributed by atoms with Crippen molar-refractivity contribution in [3.8, 4) is 0 Å². The molecule has 2 aromatic rings. The summed E-state index contributed by atoms with van der Waals surface area (Å²) in [5.74, 6) is 0. The second-order valence-electron chi connectivity index (χ2n) is 4.83. The van der Waals surface area contributed by atoms with Gasteiger partial charge in [-0.25, -0.2) is 4.98 Å². The van der Waals surface area contributed by atoms with Crippen LogP contribution in [0.4, 0.5) is 0 Å². The Labute approximate surface area is 120 Å². The monoisotopic (exact) mass is 274 g/mol. The minimum Gasteiger partial charge on any atom is -0.383 e. The fourth-order valence-electron chi connectivity index (χ4n) is 2.00. The molecule has 0 amide bonds. The fraction of sp³-hybridized carbons (Fsp3) is 0.467. The van der Waals surface area contributed by atoms with E-state index < -0.39 is 0 Å². The van der Waals surface area contributed by atoms with Crippen LogP contribution in [0, 0.1) is 0 Å². The zero-order valence-corrected chi connectivity index (χ0v) is 12.2. The summed E-state index contributed by atoms with van der Waals surface area (Å²) < 4.78 is 4.99. The summed E-state index contributed by atoms with van der Waals surface area (Å²) in [6.45, 7) is 4.36. The molecule has 2 rings (SSSR count). The van der Waals surface area contributed by atoms with E-state index >= 15 is 0 Å². The first-order chi connectivity index (χ1) is 9.79. The van der Waals surface area contributed by atoms with Crippen molar-refractivity contribution in [2.45, 2.75) is 6.54 Å². The summed E-state index contributed by atoms with van der Waals surface area (Å²) in [5.41, 5.74) is 2.90. The van der Waals surface area contributed by atoms with Crippen molar-refractivity contribution in [2.75, 3.05) is 40.4 Å². The number of para-hydroxylation sites is 2. The van der Waals surface area contributed by atoms with E-state index in [9.17, 15) is 0 Å². The van der Waals surface area contributed by atoms with E-state index in [0.717, 1.165) is 49.5 Å². The van der Waals surface area contributed by atoms with Gasteiger partial charge in [0.15, 0.2) is 0 Å². The van der Waals surface area contributed by atoms with Gasteiger partial charge < -0.3 is 10.1 Å². The second-order valence-corrected chi connectivity index (χ2v) is 4.83. The van der Waals surface area contributed by atoms with Crippen LogP contribution in [0.3, 0.4) is 0 Å². The van der Waals surface area contributed by atoms with Crippen molar-refractivity contribution in [3.05, 3.63) is 36.2 Å². The van der Waals surface area contributed by atoms with Crippen molar-refractivity contribution in [2.24, 2.45) is 0 Å². The van der Waals surface area contributed by atoms with Gasteiger partial charge >= 0.3 is 0 Å². The van der Waals surface area contributed by atoms with Crippen LogP contribution < -0.4 is 5.32 Å². The van der Waals surface area contributed by atoms with Gasteiger partial charge in [-0.1, -0.05) is 12.1 Å². The third-order valence-corrected chi connectivity index (χ3v) is 3.08. The third-order valence-electron chi connectivity index (χ3n) is 3.08. The lowest BCUT2D eigenvalue weighted by molar-refractivity contribution is 0.197. The Morgan fingerprint density at radius 2 is 2.00 bits per heavy atom. The summed E-state index contributed by atoms with van der Waals surface area (Å²) >= 11 is 0. The Balaban J connectivity index is 1.81. The van der Waals surface area contributed by atoms with Gasteiger partial charge in [0.2, 0.25) is 0 Å². The lowest BCUT2D eigenvalue weighted by Crippen LogP contribution is -2.30. The van der Waals surface area contributed by atoms with Gasteiger partial charge in [0, 0.05) is 33.3 Å². The van der Waals surface area contributed by atoms with E-state index in [1.165, 1.54) is 0 Å². The molecule has 0 saturated carbocycles. The molecule has 0 unspecified atom stereocenters. The third kappa shape index (κ3) is 4.52. The van der Waals surface area contributed by atoms with E-state index in [1.807, 2.05) is 30.5 Å². The molecular weight excluding hydrogens is 252 g/mol. The number of aromatic nitrogens is 2. The van der Waals surface area contributed by atoms with Crippen molar-refractivity contribution in [1.29, 1.82) is 0 Å². The van der Waals surface area contributed by atoms with Gasteiger partial charge in [0.25, 0.3) is 0 Å². The average Bonchev–Trinajstić information content (AvgIpc) is 2.47. The predicted octanol–water partition coefficient (Wildman–Crippen LogP) is 1.30. The molecule has 1 heterocycles. The lowest BCUT2D eigenvalue weighted by atomic mass is 10.3. The number of nitrogens with one attached hydrogen (secondary N) is 1. The van der Waals surface area contributed by atoms with Gasteiger partial charge in [-0.2, -0.15) is 0 Å². The molecule has 0 aliphatic heterocycles. The zero-order valence-electron chi connectivity index (χ0n) is 12.2. The first-order valence-electron chi connectivity index (χ1n) is 6.88. The summed E-state index contributed by atoms with van der Waals surface area (Å²) in [7, 11) is 3.81. The Morgan fingerprint density at radius 3 is 2.80 bits per heavy atom. The van der Waals surface area contributed by atoms with Gasteiger partial charge in [0.05, 0.1) is 29.5 Å². The highest BCUT2D eigenvalue weighted by molar-refractivity contribution is 5.73. The Morgan fingerprint density at radius 1 is 1.20 bits per heavy atom. The van der Waals surface area contributed by atoms with E-state index in [0.29, 0.717) is 0 Å². The molecule has 1 N–H and O–H groups in total. The van der Waals surface area contributed by atoms with Crippen LogP contribution in [0.1, 0.15) is 5.69 Å². The van der Waals surface area contributed by atoms with Crippen LogP contribution in [-0.4, -0.2) is 55.3 Å². The van der Waals surface area contributed by atoms with Crippen molar-refractivity contribution >= 4 is 11.0 Å². The topological polar surface area (TPSA) is 50.3 Å². The molecular formula is C15H22N4O. The Hall–Kier alpha value is -1.56. The second kappa shape index (κ2) is 7.89. The van der Waals surface area contributed by atoms with Crippen LogP contribution in [0.5, 0.6) is 0 Å².